The molecule has 25 heavy (non-hydrogen) atoms. The van der Waals surface area contributed by atoms with E-state index in [0.29, 0.717) is 17.1 Å². The minimum Gasteiger partial charge on any atom is -0.493 e. The van der Waals surface area contributed by atoms with Crippen molar-refractivity contribution in [2.24, 2.45) is 0 Å². The highest BCUT2D eigenvalue weighted by atomic mass is 32.2. The van der Waals surface area contributed by atoms with Crippen LogP contribution in [0.2, 0.25) is 0 Å². The average molecular weight is 362 g/mol. The number of Topliss-reactive ketones (excluding diaryl/α,β-unsaturated/α-hetero) is 1. The van der Waals surface area contributed by atoms with Crippen LogP contribution in [-0.4, -0.2) is 34.2 Å². The van der Waals surface area contributed by atoms with Gasteiger partial charge in [-0.25, -0.2) is 12.8 Å². The number of carbonyl (C=O) groups is 1. The summed E-state index contributed by atoms with van der Waals surface area (Å²) < 4.78 is 49.0. The fourth-order valence-electron chi connectivity index (χ4n) is 2.77. The number of sulfone groups is 1. The molecule has 0 atom stereocenters. The van der Waals surface area contributed by atoms with Crippen molar-refractivity contribution < 1.29 is 27.1 Å². The molecule has 1 heterocycles. The van der Waals surface area contributed by atoms with Gasteiger partial charge in [0.2, 0.25) is 0 Å². The molecule has 0 fully saturated rings. The summed E-state index contributed by atoms with van der Waals surface area (Å²) in [4.78, 5) is 12.1. The molecular weight excluding hydrogens is 347 g/mol. The van der Waals surface area contributed by atoms with Crippen molar-refractivity contribution in [3.8, 4) is 11.5 Å². The molecule has 3 rings (SSSR count). The third-order valence-electron chi connectivity index (χ3n) is 3.91. The van der Waals surface area contributed by atoms with Crippen molar-refractivity contribution in [3.63, 3.8) is 0 Å². The lowest BCUT2D eigenvalue weighted by Crippen LogP contribution is -2.25. The van der Waals surface area contributed by atoms with Gasteiger partial charge in [-0.2, -0.15) is 0 Å². The molecule has 0 unspecified atom stereocenters. The van der Waals surface area contributed by atoms with Crippen molar-refractivity contribution in [2.45, 2.75) is 4.90 Å². The van der Waals surface area contributed by atoms with Crippen molar-refractivity contribution >= 4 is 21.7 Å². The largest absolute Gasteiger partial charge is 0.493 e. The van der Waals surface area contributed by atoms with Crippen LogP contribution in [0.1, 0.15) is 15.9 Å². The molecule has 0 amide bonds. The molecule has 0 aromatic heterocycles. The van der Waals surface area contributed by atoms with Gasteiger partial charge in [0, 0.05) is 11.1 Å². The standard InChI is InChI=1S/C18H15FO5S/c1-23-15-7-6-11(9-16(15)24-2)8-12-10-25(21,22)18-13(17(12)20)4-3-5-14(18)19/h3-9H,10H2,1-2H3/b12-8+. The first-order valence-corrected chi connectivity index (χ1v) is 9.01. The summed E-state index contributed by atoms with van der Waals surface area (Å²) >= 11 is 0. The molecule has 0 radical (unpaired) electrons. The Morgan fingerprint density at radius 3 is 2.48 bits per heavy atom. The van der Waals surface area contributed by atoms with E-state index in [1.54, 1.807) is 18.2 Å². The number of halogens is 1. The molecule has 0 bridgehead atoms. The van der Waals surface area contributed by atoms with Crippen LogP contribution in [0.4, 0.5) is 4.39 Å². The molecule has 0 spiro atoms. The van der Waals surface area contributed by atoms with Crippen LogP contribution in [0, 0.1) is 5.82 Å². The van der Waals surface area contributed by atoms with Crippen molar-refractivity contribution in [2.75, 3.05) is 20.0 Å². The summed E-state index contributed by atoms with van der Waals surface area (Å²) in [6, 6.07) is 8.64. The van der Waals surface area contributed by atoms with Gasteiger partial charge in [0.05, 0.1) is 20.0 Å². The van der Waals surface area contributed by atoms with Crippen molar-refractivity contribution in [1.82, 2.24) is 0 Å². The SMILES string of the molecule is COc1ccc(/C=C2\CS(=O)(=O)c3c(F)cccc3C2=O)cc1OC. The topological polar surface area (TPSA) is 69.7 Å². The maximum Gasteiger partial charge on any atom is 0.191 e. The minimum atomic E-state index is -3.92. The van der Waals surface area contributed by atoms with Gasteiger partial charge in [-0.15, -0.1) is 0 Å². The number of methoxy groups -OCH3 is 2. The van der Waals surface area contributed by atoms with Gasteiger partial charge >= 0.3 is 0 Å². The zero-order chi connectivity index (χ0) is 18.2. The Labute approximate surface area is 144 Å². The predicted octanol–water partition coefficient (Wildman–Crippen LogP) is 2.90. The number of ether oxygens (including phenoxy) is 2. The molecule has 2 aromatic rings. The lowest BCUT2D eigenvalue weighted by molar-refractivity contribution is 0.103. The van der Waals surface area contributed by atoms with Gasteiger partial charge in [0.1, 0.15) is 10.7 Å². The fraction of sp³-hybridized carbons (Fsp3) is 0.167. The van der Waals surface area contributed by atoms with E-state index in [2.05, 4.69) is 0 Å². The first-order chi connectivity index (χ1) is 11.9. The maximum absolute atomic E-state index is 13.9. The number of fused-ring (bicyclic) bond motifs is 1. The maximum atomic E-state index is 13.9. The fourth-order valence-corrected chi connectivity index (χ4v) is 4.40. The van der Waals surface area contributed by atoms with Gasteiger partial charge in [-0.3, -0.25) is 4.79 Å². The number of ketones is 1. The highest BCUT2D eigenvalue weighted by Gasteiger charge is 2.35. The minimum absolute atomic E-state index is 0.0744. The van der Waals surface area contributed by atoms with Gasteiger partial charge in [0.15, 0.2) is 27.1 Å². The Morgan fingerprint density at radius 1 is 1.08 bits per heavy atom. The second-order valence-electron chi connectivity index (χ2n) is 5.49. The van der Waals surface area contributed by atoms with E-state index in [-0.39, 0.29) is 11.1 Å². The number of benzene rings is 2. The van der Waals surface area contributed by atoms with Crippen LogP contribution >= 0.6 is 0 Å². The highest BCUT2D eigenvalue weighted by molar-refractivity contribution is 7.91. The first-order valence-electron chi connectivity index (χ1n) is 7.36. The lowest BCUT2D eigenvalue weighted by atomic mass is 10.0. The summed E-state index contributed by atoms with van der Waals surface area (Å²) in [5, 5.41) is 0. The Bertz CT molecular complexity index is 993. The van der Waals surface area contributed by atoms with Crippen molar-refractivity contribution in [1.29, 1.82) is 0 Å². The molecule has 1 aliphatic rings. The van der Waals surface area contributed by atoms with Gasteiger partial charge in [-0.05, 0) is 35.9 Å². The Kier molecular flexibility index (Phi) is 4.34. The monoisotopic (exact) mass is 362 g/mol. The second kappa shape index (κ2) is 6.33. The smallest absolute Gasteiger partial charge is 0.191 e. The zero-order valence-corrected chi connectivity index (χ0v) is 14.4. The Balaban J connectivity index is 2.11. The number of rotatable bonds is 3. The third-order valence-corrected chi connectivity index (χ3v) is 5.64. The molecule has 5 nitrogen and oxygen atoms in total. The third kappa shape index (κ3) is 3.02. The first kappa shape index (κ1) is 17.2. The summed E-state index contributed by atoms with van der Waals surface area (Å²) in [5.74, 6) is -0.988. The molecular formula is C18H15FO5S. The molecule has 0 N–H and O–H groups in total. The Hall–Kier alpha value is -2.67. The summed E-state index contributed by atoms with van der Waals surface area (Å²) in [6.07, 6.45) is 1.47. The molecule has 7 heteroatoms. The molecule has 2 aromatic carbocycles. The lowest BCUT2D eigenvalue weighted by Gasteiger charge is -2.18. The molecule has 0 saturated carbocycles. The molecule has 1 aliphatic heterocycles. The average Bonchev–Trinajstić information content (AvgIpc) is 2.58. The van der Waals surface area contributed by atoms with E-state index in [0.717, 1.165) is 6.07 Å². The van der Waals surface area contributed by atoms with Crippen LogP contribution < -0.4 is 9.47 Å². The van der Waals surface area contributed by atoms with Gasteiger partial charge < -0.3 is 9.47 Å². The van der Waals surface area contributed by atoms with Gasteiger partial charge in [0.25, 0.3) is 0 Å². The zero-order valence-electron chi connectivity index (χ0n) is 13.6. The Morgan fingerprint density at radius 2 is 1.80 bits per heavy atom. The second-order valence-corrected chi connectivity index (χ2v) is 7.42. The van der Waals surface area contributed by atoms with Crippen LogP contribution in [0.15, 0.2) is 46.9 Å². The van der Waals surface area contributed by atoms with Crippen LogP contribution in [0.5, 0.6) is 11.5 Å². The van der Waals surface area contributed by atoms with E-state index in [1.807, 2.05) is 0 Å². The van der Waals surface area contributed by atoms with Gasteiger partial charge in [-0.1, -0.05) is 12.1 Å². The summed E-state index contributed by atoms with van der Waals surface area (Å²) in [5.41, 5.74) is 0.513. The number of carbonyl (C=O) groups excluding carboxylic acids is 1. The molecule has 0 aliphatic carbocycles. The summed E-state index contributed by atoms with van der Waals surface area (Å²) in [7, 11) is -0.949. The van der Waals surface area contributed by atoms with Crippen LogP contribution in [-0.2, 0) is 9.84 Å². The highest BCUT2D eigenvalue weighted by Crippen LogP contribution is 2.33. The summed E-state index contributed by atoms with van der Waals surface area (Å²) in [6.45, 7) is 0. The van der Waals surface area contributed by atoms with E-state index in [9.17, 15) is 17.6 Å². The van der Waals surface area contributed by atoms with E-state index >= 15 is 0 Å². The quantitative estimate of drug-likeness (QED) is 0.786. The predicted molar refractivity (Wildman–Crippen MR) is 90.3 cm³/mol. The van der Waals surface area contributed by atoms with E-state index in [1.165, 1.54) is 32.4 Å². The molecule has 130 valence electrons. The molecule has 0 saturated heterocycles. The number of hydrogen-bond acceptors (Lipinski definition) is 5. The van der Waals surface area contributed by atoms with Crippen LogP contribution in [0.25, 0.3) is 6.08 Å². The normalized spacial score (nSPS) is 17.2. The van der Waals surface area contributed by atoms with E-state index < -0.39 is 32.1 Å². The van der Waals surface area contributed by atoms with E-state index in [4.69, 9.17) is 9.47 Å². The van der Waals surface area contributed by atoms with Crippen LogP contribution in [0.3, 0.4) is 0 Å². The number of hydrogen-bond donors (Lipinski definition) is 0. The van der Waals surface area contributed by atoms with Crippen molar-refractivity contribution in [3.05, 3.63) is 58.9 Å².